The first-order valence-corrected chi connectivity index (χ1v) is 12.9. The lowest BCUT2D eigenvalue weighted by atomic mass is 9.53. The minimum absolute atomic E-state index is 0.0299. The minimum Gasteiger partial charge on any atom is -0.379 e. The van der Waals surface area contributed by atoms with E-state index >= 15 is 0 Å². The van der Waals surface area contributed by atoms with E-state index in [0.717, 1.165) is 63.0 Å². The molecule has 2 aromatic rings. The van der Waals surface area contributed by atoms with Gasteiger partial charge < -0.3 is 9.26 Å². The molecule has 4 aliphatic rings. The third-order valence-corrected chi connectivity index (χ3v) is 8.41. The molecule has 2 bridgehead atoms. The van der Waals surface area contributed by atoms with Gasteiger partial charge in [-0.05, 0) is 56.1 Å². The predicted molar refractivity (Wildman–Crippen MR) is 127 cm³/mol. The number of aromatic nitrogens is 3. The number of anilines is 1. The van der Waals surface area contributed by atoms with E-state index in [1.54, 1.807) is 6.20 Å². The Labute approximate surface area is 211 Å². The lowest BCUT2D eigenvalue weighted by Crippen LogP contribution is -2.53. The van der Waals surface area contributed by atoms with Gasteiger partial charge in [0, 0.05) is 42.6 Å². The molecule has 3 heterocycles. The van der Waals surface area contributed by atoms with Crippen LogP contribution >= 0.6 is 15.9 Å². The second kappa shape index (κ2) is 9.48. The Hall–Kier alpha value is -1.98. The normalized spacial score (nSPS) is 27.2. The van der Waals surface area contributed by atoms with E-state index < -0.39 is 11.8 Å². The number of amides is 1. The Bertz CT molecular complexity index is 1040. The number of alkyl halides is 2. The molecule has 1 aliphatic heterocycles. The van der Waals surface area contributed by atoms with Crippen molar-refractivity contribution in [3.63, 3.8) is 0 Å². The van der Waals surface area contributed by atoms with Crippen LogP contribution in [-0.4, -0.2) is 65.3 Å². The summed E-state index contributed by atoms with van der Waals surface area (Å²) in [6, 6.07) is 3.73. The first-order valence-electron chi connectivity index (χ1n) is 12.1. The van der Waals surface area contributed by atoms with Crippen LogP contribution in [-0.2, 0) is 20.9 Å². The van der Waals surface area contributed by atoms with E-state index in [2.05, 4.69) is 36.0 Å². The number of pyridine rings is 1. The molecule has 2 aromatic heterocycles. The summed E-state index contributed by atoms with van der Waals surface area (Å²) < 4.78 is 38.5. The van der Waals surface area contributed by atoms with Crippen molar-refractivity contribution >= 4 is 27.7 Å². The molecule has 1 saturated heterocycles. The highest BCUT2D eigenvalue weighted by molar-refractivity contribution is 9.10. The third kappa shape index (κ3) is 5.13. The zero-order chi connectivity index (χ0) is 24.7. The van der Waals surface area contributed by atoms with Crippen molar-refractivity contribution in [2.45, 2.75) is 56.8 Å². The van der Waals surface area contributed by atoms with E-state index in [9.17, 15) is 13.6 Å². The summed E-state index contributed by atoms with van der Waals surface area (Å²) >= 11 is 3.51. The van der Waals surface area contributed by atoms with Crippen molar-refractivity contribution in [1.29, 1.82) is 0 Å². The highest BCUT2D eigenvalue weighted by Gasteiger charge is 2.53. The van der Waals surface area contributed by atoms with Crippen molar-refractivity contribution in [1.82, 2.24) is 20.0 Å². The Morgan fingerprint density at radius 3 is 2.49 bits per heavy atom. The van der Waals surface area contributed by atoms with Gasteiger partial charge in [0.2, 0.25) is 5.91 Å². The molecule has 3 saturated carbocycles. The first-order chi connectivity index (χ1) is 16.7. The van der Waals surface area contributed by atoms with Crippen molar-refractivity contribution in [3.8, 4) is 0 Å². The summed E-state index contributed by atoms with van der Waals surface area (Å²) in [5, 5.41) is 3.95. The summed E-state index contributed by atoms with van der Waals surface area (Å²) in [5.41, 5.74) is -0.376. The van der Waals surface area contributed by atoms with Gasteiger partial charge in [0.05, 0.1) is 19.8 Å². The van der Waals surface area contributed by atoms with Gasteiger partial charge in [0.1, 0.15) is 5.82 Å². The number of halogens is 3. The van der Waals surface area contributed by atoms with Crippen molar-refractivity contribution in [3.05, 3.63) is 34.5 Å². The first kappa shape index (κ1) is 24.7. The number of carbonyl (C=O) groups is 1. The molecular weight excluding hydrogens is 524 g/mol. The smallest absolute Gasteiger partial charge is 0.322 e. The second-order valence-electron chi connectivity index (χ2n) is 10.3. The standard InChI is InChI=1S/C24H30BrF2N5O3/c1-22(26,27)21-29-20(30-35-21)24-6-3-23(4-7-24,5-8-24)16-32(18-14-17(25)2-9-28-18)19(33)15-31-10-12-34-13-11-31/h2,9,14H,3-8,10-13,15-16H2,1H3. The van der Waals surface area contributed by atoms with Crippen molar-refractivity contribution in [2.24, 2.45) is 5.41 Å². The monoisotopic (exact) mass is 553 g/mol. The highest BCUT2D eigenvalue weighted by atomic mass is 79.9. The van der Waals surface area contributed by atoms with Gasteiger partial charge in [0.25, 0.3) is 5.89 Å². The lowest BCUT2D eigenvalue weighted by Gasteiger charge is -2.53. The molecule has 11 heteroatoms. The van der Waals surface area contributed by atoms with Crippen LogP contribution in [0.1, 0.15) is 57.2 Å². The number of hydrogen-bond donors (Lipinski definition) is 0. The molecular formula is C24H30BrF2N5O3. The van der Waals surface area contributed by atoms with Gasteiger partial charge in [-0.3, -0.25) is 14.6 Å². The maximum Gasteiger partial charge on any atom is 0.322 e. The highest BCUT2D eigenvalue weighted by Crippen LogP contribution is 2.57. The number of hydrogen-bond acceptors (Lipinski definition) is 7. The van der Waals surface area contributed by atoms with E-state index in [4.69, 9.17) is 9.26 Å². The van der Waals surface area contributed by atoms with Crippen LogP contribution in [0.2, 0.25) is 0 Å². The summed E-state index contributed by atoms with van der Waals surface area (Å²) in [6.45, 7) is 4.43. The van der Waals surface area contributed by atoms with Crippen LogP contribution < -0.4 is 4.90 Å². The molecule has 0 unspecified atom stereocenters. The minimum atomic E-state index is -3.15. The van der Waals surface area contributed by atoms with Crippen LogP contribution in [0.25, 0.3) is 0 Å². The maximum absolute atomic E-state index is 13.7. The van der Waals surface area contributed by atoms with Crippen LogP contribution in [0.4, 0.5) is 14.6 Å². The molecule has 0 atom stereocenters. The lowest BCUT2D eigenvalue weighted by molar-refractivity contribution is -0.121. The average molecular weight is 554 g/mol. The number of ether oxygens (including phenoxy) is 1. The van der Waals surface area contributed by atoms with Gasteiger partial charge >= 0.3 is 5.92 Å². The maximum atomic E-state index is 13.7. The predicted octanol–water partition coefficient (Wildman–Crippen LogP) is 4.30. The van der Waals surface area contributed by atoms with Crippen LogP contribution in [0.15, 0.2) is 27.3 Å². The Kier molecular flexibility index (Phi) is 6.69. The van der Waals surface area contributed by atoms with Crippen LogP contribution in [0, 0.1) is 5.41 Å². The molecule has 0 N–H and O–H groups in total. The Morgan fingerprint density at radius 2 is 1.89 bits per heavy atom. The molecule has 0 radical (unpaired) electrons. The topological polar surface area (TPSA) is 84.6 Å². The van der Waals surface area contributed by atoms with Crippen LogP contribution in [0.3, 0.4) is 0 Å². The summed E-state index contributed by atoms with van der Waals surface area (Å²) in [6.07, 6.45) is 6.68. The molecule has 6 rings (SSSR count). The molecule has 0 aromatic carbocycles. The SMILES string of the molecule is CC(F)(F)c1nc(C23CCC(CN(C(=O)CN4CCOCC4)c4cc(Br)ccn4)(CC2)CC3)no1. The van der Waals surface area contributed by atoms with Gasteiger partial charge in [0.15, 0.2) is 5.82 Å². The number of carbonyl (C=O) groups excluding carboxylic acids is 1. The van der Waals surface area contributed by atoms with E-state index in [0.29, 0.717) is 37.9 Å². The van der Waals surface area contributed by atoms with Gasteiger partial charge in [-0.25, -0.2) is 4.98 Å². The fraction of sp³-hybridized carbons (Fsp3) is 0.667. The zero-order valence-electron chi connectivity index (χ0n) is 19.8. The van der Waals surface area contributed by atoms with Gasteiger partial charge in [-0.1, -0.05) is 21.1 Å². The number of rotatable bonds is 7. The largest absolute Gasteiger partial charge is 0.379 e. The molecule has 190 valence electrons. The van der Waals surface area contributed by atoms with E-state index in [1.807, 2.05) is 17.0 Å². The molecule has 4 fully saturated rings. The summed E-state index contributed by atoms with van der Waals surface area (Å²) in [5.74, 6) is -2.70. The third-order valence-electron chi connectivity index (χ3n) is 7.92. The van der Waals surface area contributed by atoms with Crippen molar-refractivity contribution < 1.29 is 22.8 Å². The van der Waals surface area contributed by atoms with Gasteiger partial charge in [-0.15, -0.1) is 0 Å². The van der Waals surface area contributed by atoms with E-state index in [-0.39, 0.29) is 16.7 Å². The Balaban J connectivity index is 1.33. The fourth-order valence-corrected chi connectivity index (χ4v) is 5.99. The number of fused-ring (bicyclic) bond motifs is 3. The number of nitrogens with zero attached hydrogens (tertiary/aromatic N) is 5. The zero-order valence-corrected chi connectivity index (χ0v) is 21.4. The second-order valence-corrected chi connectivity index (χ2v) is 11.2. The van der Waals surface area contributed by atoms with E-state index in [1.165, 1.54) is 0 Å². The molecule has 1 amide bonds. The molecule has 8 nitrogen and oxygen atoms in total. The average Bonchev–Trinajstić information content (AvgIpc) is 3.37. The summed E-state index contributed by atoms with van der Waals surface area (Å²) in [4.78, 5) is 26.1. The summed E-state index contributed by atoms with van der Waals surface area (Å²) in [7, 11) is 0. The molecule has 0 spiro atoms. The quantitative estimate of drug-likeness (QED) is 0.505. The van der Waals surface area contributed by atoms with Crippen LogP contribution in [0.5, 0.6) is 0 Å². The van der Waals surface area contributed by atoms with Gasteiger partial charge in [-0.2, -0.15) is 13.8 Å². The fourth-order valence-electron chi connectivity index (χ4n) is 5.66. The molecule has 35 heavy (non-hydrogen) atoms. The molecule has 3 aliphatic carbocycles. The van der Waals surface area contributed by atoms with Crippen molar-refractivity contribution in [2.75, 3.05) is 44.3 Å². The number of morpholine rings is 1. The Morgan fingerprint density at radius 1 is 1.20 bits per heavy atom.